The van der Waals surface area contributed by atoms with Crippen LogP contribution >= 0.6 is 0 Å². The van der Waals surface area contributed by atoms with E-state index in [1.54, 1.807) is 18.2 Å². The topological polar surface area (TPSA) is 78.4 Å². The van der Waals surface area contributed by atoms with Gasteiger partial charge in [-0.15, -0.1) is 0 Å². The molecule has 2 aromatic carbocycles. The minimum Gasteiger partial charge on any atom is -0.487 e. The fourth-order valence-electron chi connectivity index (χ4n) is 1.97. The summed E-state index contributed by atoms with van der Waals surface area (Å²) in [4.78, 5) is 14.4. The number of ether oxygens (including phenoxy) is 1. The number of hydrogen-bond acceptors (Lipinski definition) is 5. The molecule has 0 atom stereocenters. The molecular formula is C16H11FN2O4. The predicted molar refractivity (Wildman–Crippen MR) is 79.3 cm³/mol. The lowest BCUT2D eigenvalue weighted by Gasteiger charge is -2.03. The van der Waals surface area contributed by atoms with Crippen LogP contribution in [0.2, 0.25) is 0 Å². The Kier molecular flexibility index (Phi) is 4.01. The average Bonchev–Trinajstić information content (AvgIpc) is 3.02. The summed E-state index contributed by atoms with van der Waals surface area (Å²) < 4.78 is 23.9. The van der Waals surface area contributed by atoms with Crippen molar-refractivity contribution < 1.29 is 18.5 Å². The van der Waals surface area contributed by atoms with Crippen molar-refractivity contribution in [2.24, 2.45) is 0 Å². The van der Waals surface area contributed by atoms with Gasteiger partial charge in [-0.1, -0.05) is 12.1 Å². The van der Waals surface area contributed by atoms with E-state index in [0.29, 0.717) is 17.0 Å². The molecule has 23 heavy (non-hydrogen) atoms. The summed E-state index contributed by atoms with van der Waals surface area (Å²) in [5.74, 6) is 0.256. The molecule has 0 amide bonds. The van der Waals surface area contributed by atoms with Crippen molar-refractivity contribution >= 4 is 5.69 Å². The number of hydrogen-bond donors (Lipinski definition) is 0. The third-order valence-corrected chi connectivity index (χ3v) is 3.04. The third-order valence-electron chi connectivity index (χ3n) is 3.04. The molecule has 0 unspecified atom stereocenters. The number of nitro benzene ring substituents is 1. The van der Waals surface area contributed by atoms with E-state index >= 15 is 0 Å². The van der Waals surface area contributed by atoms with E-state index in [1.165, 1.54) is 36.6 Å². The Morgan fingerprint density at radius 3 is 2.83 bits per heavy atom. The van der Waals surface area contributed by atoms with Gasteiger partial charge in [0.25, 0.3) is 5.69 Å². The number of oxazole rings is 1. The van der Waals surface area contributed by atoms with Crippen molar-refractivity contribution in [3.63, 3.8) is 0 Å². The molecule has 0 radical (unpaired) electrons. The minimum absolute atomic E-state index is 0.0527. The summed E-state index contributed by atoms with van der Waals surface area (Å²) >= 11 is 0. The molecule has 0 aliphatic carbocycles. The number of benzene rings is 2. The number of nitro groups is 1. The van der Waals surface area contributed by atoms with Crippen LogP contribution in [0.1, 0.15) is 5.69 Å². The van der Waals surface area contributed by atoms with Crippen molar-refractivity contribution in [1.82, 2.24) is 4.98 Å². The Morgan fingerprint density at radius 2 is 2.04 bits per heavy atom. The van der Waals surface area contributed by atoms with Crippen LogP contribution in [-0.2, 0) is 6.61 Å². The maximum Gasteiger partial charge on any atom is 0.273 e. The van der Waals surface area contributed by atoms with Crippen molar-refractivity contribution in [1.29, 1.82) is 0 Å². The summed E-state index contributed by atoms with van der Waals surface area (Å²) in [5, 5.41) is 10.7. The second-order valence-electron chi connectivity index (χ2n) is 4.70. The van der Waals surface area contributed by atoms with Crippen LogP contribution in [0.15, 0.2) is 59.2 Å². The monoisotopic (exact) mass is 314 g/mol. The summed E-state index contributed by atoms with van der Waals surface area (Å²) in [5.41, 5.74) is 0.963. The summed E-state index contributed by atoms with van der Waals surface area (Å²) in [6.07, 6.45) is 1.40. The molecule has 0 aliphatic heterocycles. The Balaban J connectivity index is 1.70. The average molecular weight is 314 g/mol. The fraction of sp³-hybridized carbons (Fsp3) is 0.0625. The van der Waals surface area contributed by atoms with Crippen LogP contribution in [-0.4, -0.2) is 9.91 Å². The first-order chi connectivity index (χ1) is 11.1. The molecule has 0 bridgehead atoms. The minimum atomic E-state index is -0.495. The van der Waals surface area contributed by atoms with Gasteiger partial charge in [0.05, 0.1) is 11.0 Å². The molecule has 116 valence electrons. The molecule has 1 heterocycles. The lowest BCUT2D eigenvalue weighted by molar-refractivity contribution is -0.384. The molecule has 1 aromatic heterocycles. The predicted octanol–water partition coefficient (Wildman–Crippen LogP) is 3.97. The summed E-state index contributed by atoms with van der Waals surface area (Å²) in [7, 11) is 0. The largest absolute Gasteiger partial charge is 0.487 e. The molecule has 3 aromatic rings. The molecule has 0 fully saturated rings. The molecule has 3 rings (SSSR count). The van der Waals surface area contributed by atoms with Gasteiger partial charge in [-0.05, 0) is 24.3 Å². The number of non-ortho nitro benzene ring substituents is 1. The molecule has 0 aliphatic rings. The second kappa shape index (κ2) is 6.27. The second-order valence-corrected chi connectivity index (χ2v) is 4.70. The van der Waals surface area contributed by atoms with Crippen molar-refractivity contribution in [2.75, 3.05) is 0 Å². The smallest absolute Gasteiger partial charge is 0.273 e. The first-order valence-corrected chi connectivity index (χ1v) is 6.69. The third kappa shape index (κ3) is 3.52. The normalized spacial score (nSPS) is 10.5. The van der Waals surface area contributed by atoms with Gasteiger partial charge < -0.3 is 9.15 Å². The van der Waals surface area contributed by atoms with Gasteiger partial charge in [0.15, 0.2) is 0 Å². The highest BCUT2D eigenvalue weighted by molar-refractivity contribution is 5.52. The SMILES string of the molecule is O=[N+]([O-])c1cccc(OCc2coc(-c3cccc(F)c3)n2)c1. The van der Waals surface area contributed by atoms with Crippen LogP contribution in [0.3, 0.4) is 0 Å². The van der Waals surface area contributed by atoms with Gasteiger partial charge in [-0.3, -0.25) is 10.1 Å². The van der Waals surface area contributed by atoms with E-state index in [4.69, 9.17) is 9.15 Å². The molecular weight excluding hydrogens is 303 g/mol. The quantitative estimate of drug-likeness (QED) is 0.526. The van der Waals surface area contributed by atoms with Gasteiger partial charge in [0, 0.05) is 11.6 Å². The number of rotatable bonds is 5. The first-order valence-electron chi connectivity index (χ1n) is 6.69. The zero-order valence-corrected chi connectivity index (χ0v) is 11.8. The van der Waals surface area contributed by atoms with E-state index in [9.17, 15) is 14.5 Å². The molecule has 6 nitrogen and oxygen atoms in total. The Labute approximate surface area is 130 Å². The summed E-state index contributed by atoms with van der Waals surface area (Å²) in [6.45, 7) is 0.0833. The fourth-order valence-corrected chi connectivity index (χ4v) is 1.97. The zero-order chi connectivity index (χ0) is 16.2. The molecule has 0 N–H and O–H groups in total. The molecule has 7 heteroatoms. The Hall–Kier alpha value is -3.22. The van der Waals surface area contributed by atoms with Crippen LogP contribution in [0.4, 0.5) is 10.1 Å². The standard InChI is InChI=1S/C16H11FN2O4/c17-12-4-1-3-11(7-12)16-18-13(10-23-16)9-22-15-6-2-5-14(8-15)19(20)21/h1-8,10H,9H2. The zero-order valence-electron chi connectivity index (χ0n) is 11.8. The number of aromatic nitrogens is 1. The number of nitrogens with zero attached hydrogens (tertiary/aromatic N) is 2. The highest BCUT2D eigenvalue weighted by atomic mass is 19.1. The maximum absolute atomic E-state index is 13.2. The van der Waals surface area contributed by atoms with Crippen LogP contribution in [0, 0.1) is 15.9 Å². The van der Waals surface area contributed by atoms with Crippen LogP contribution in [0.25, 0.3) is 11.5 Å². The lowest BCUT2D eigenvalue weighted by Crippen LogP contribution is -1.96. The van der Waals surface area contributed by atoms with Crippen molar-refractivity contribution in [3.05, 3.63) is 76.4 Å². The van der Waals surface area contributed by atoms with Gasteiger partial charge in [-0.25, -0.2) is 9.37 Å². The van der Waals surface area contributed by atoms with E-state index in [1.807, 2.05) is 0 Å². The maximum atomic E-state index is 13.2. The Morgan fingerprint density at radius 1 is 1.22 bits per heavy atom. The van der Waals surface area contributed by atoms with Gasteiger partial charge in [-0.2, -0.15) is 0 Å². The highest BCUT2D eigenvalue weighted by Gasteiger charge is 2.10. The van der Waals surface area contributed by atoms with Crippen molar-refractivity contribution in [2.45, 2.75) is 6.61 Å². The number of halogens is 1. The van der Waals surface area contributed by atoms with E-state index in [2.05, 4.69) is 4.98 Å². The first kappa shape index (κ1) is 14.7. The van der Waals surface area contributed by atoms with Gasteiger partial charge in [0.2, 0.25) is 5.89 Å². The van der Waals surface area contributed by atoms with E-state index in [-0.39, 0.29) is 24.0 Å². The Bertz CT molecular complexity index is 847. The summed E-state index contributed by atoms with van der Waals surface area (Å²) in [6, 6.07) is 11.7. The van der Waals surface area contributed by atoms with Crippen LogP contribution < -0.4 is 4.74 Å². The van der Waals surface area contributed by atoms with Crippen molar-refractivity contribution in [3.8, 4) is 17.2 Å². The van der Waals surface area contributed by atoms with E-state index < -0.39 is 4.92 Å². The van der Waals surface area contributed by atoms with Gasteiger partial charge in [0.1, 0.15) is 30.1 Å². The molecule has 0 saturated heterocycles. The van der Waals surface area contributed by atoms with Crippen LogP contribution in [0.5, 0.6) is 5.75 Å². The molecule has 0 saturated carbocycles. The highest BCUT2D eigenvalue weighted by Crippen LogP contribution is 2.22. The molecule has 0 spiro atoms. The lowest BCUT2D eigenvalue weighted by atomic mass is 10.2. The van der Waals surface area contributed by atoms with Gasteiger partial charge >= 0.3 is 0 Å². The van der Waals surface area contributed by atoms with E-state index in [0.717, 1.165) is 0 Å².